The van der Waals surface area contributed by atoms with Crippen LogP contribution in [0.3, 0.4) is 0 Å². The molecular formula is C11H16N2O4. The molecule has 0 aliphatic heterocycles. The smallest absolute Gasteiger partial charge is 0.251 e. The van der Waals surface area contributed by atoms with Gasteiger partial charge in [0.2, 0.25) is 0 Å². The molecule has 1 amide bonds. The summed E-state index contributed by atoms with van der Waals surface area (Å²) in [6, 6.07) is 2.05. The Labute approximate surface area is 98.3 Å². The molecule has 0 aromatic carbocycles. The highest BCUT2D eigenvalue weighted by atomic mass is 16.3. The lowest BCUT2D eigenvalue weighted by molar-refractivity contribution is 0.0915. The van der Waals surface area contributed by atoms with Crippen molar-refractivity contribution >= 4 is 5.91 Å². The molecule has 0 radical (unpaired) electrons. The Morgan fingerprint density at radius 3 is 2.65 bits per heavy atom. The van der Waals surface area contributed by atoms with Gasteiger partial charge in [-0.25, -0.2) is 0 Å². The summed E-state index contributed by atoms with van der Waals surface area (Å²) in [5, 5.41) is 20.7. The van der Waals surface area contributed by atoms with Crippen molar-refractivity contribution in [1.29, 1.82) is 0 Å². The molecule has 0 saturated carbocycles. The first kappa shape index (κ1) is 13.2. The Kier molecular flexibility index (Phi) is 4.28. The number of amides is 1. The fraction of sp³-hybridized carbons (Fsp3) is 0.455. The van der Waals surface area contributed by atoms with Crippen LogP contribution in [-0.4, -0.2) is 33.8 Å². The van der Waals surface area contributed by atoms with Gasteiger partial charge in [-0.15, -0.1) is 0 Å². The number of carbonyl (C=O) groups is 1. The highest BCUT2D eigenvalue weighted by Gasteiger charge is 2.15. The van der Waals surface area contributed by atoms with Crippen molar-refractivity contribution in [2.45, 2.75) is 19.9 Å². The number of carbonyl (C=O) groups excluding carboxylic acids is 1. The van der Waals surface area contributed by atoms with Crippen molar-refractivity contribution in [2.75, 3.05) is 6.61 Å². The second-order valence-corrected chi connectivity index (χ2v) is 4.04. The van der Waals surface area contributed by atoms with E-state index in [9.17, 15) is 9.59 Å². The second-order valence-electron chi connectivity index (χ2n) is 4.04. The minimum absolute atomic E-state index is 0.0396. The fourth-order valence-corrected chi connectivity index (χ4v) is 1.25. The van der Waals surface area contributed by atoms with Gasteiger partial charge in [0.1, 0.15) is 0 Å². The van der Waals surface area contributed by atoms with Gasteiger partial charge in [0, 0.05) is 24.8 Å². The average molecular weight is 240 g/mol. The highest BCUT2D eigenvalue weighted by molar-refractivity contribution is 5.94. The lowest BCUT2D eigenvalue weighted by atomic mass is 10.0. The number of aromatic amines is 1. The van der Waals surface area contributed by atoms with Crippen molar-refractivity contribution in [2.24, 2.45) is 5.92 Å². The van der Waals surface area contributed by atoms with Gasteiger partial charge in [-0.05, 0) is 12.8 Å². The Bertz CT molecular complexity index is 455. The predicted molar refractivity (Wildman–Crippen MR) is 61.9 cm³/mol. The van der Waals surface area contributed by atoms with Gasteiger partial charge in [-0.1, -0.05) is 6.92 Å². The third-order valence-electron chi connectivity index (χ3n) is 2.59. The van der Waals surface area contributed by atoms with Crippen LogP contribution < -0.4 is 10.9 Å². The number of pyridine rings is 1. The molecule has 1 rings (SSSR count). The SMILES string of the molecule is CC(CO)C(C)NC(=O)c1cc(O)[nH]c(=O)c1. The van der Waals surface area contributed by atoms with Gasteiger partial charge in [-0.2, -0.15) is 0 Å². The van der Waals surface area contributed by atoms with Crippen LogP contribution in [0.5, 0.6) is 5.88 Å². The fourth-order valence-electron chi connectivity index (χ4n) is 1.25. The minimum atomic E-state index is -0.544. The van der Waals surface area contributed by atoms with Gasteiger partial charge < -0.3 is 15.5 Å². The zero-order chi connectivity index (χ0) is 13.0. The maximum absolute atomic E-state index is 11.7. The van der Waals surface area contributed by atoms with E-state index in [2.05, 4.69) is 10.3 Å². The van der Waals surface area contributed by atoms with Crippen molar-refractivity contribution in [3.63, 3.8) is 0 Å². The summed E-state index contributed by atoms with van der Waals surface area (Å²) in [6.07, 6.45) is 0. The molecule has 1 heterocycles. The molecule has 0 aliphatic carbocycles. The molecule has 0 fully saturated rings. The second kappa shape index (κ2) is 5.49. The lowest BCUT2D eigenvalue weighted by Crippen LogP contribution is -2.38. The van der Waals surface area contributed by atoms with E-state index in [4.69, 9.17) is 10.2 Å². The molecule has 6 nitrogen and oxygen atoms in total. The molecule has 6 heteroatoms. The summed E-state index contributed by atoms with van der Waals surface area (Å²) >= 11 is 0. The van der Waals surface area contributed by atoms with Crippen LogP contribution in [0.4, 0.5) is 0 Å². The molecule has 1 aromatic heterocycles. The molecule has 17 heavy (non-hydrogen) atoms. The molecule has 0 aliphatic rings. The van der Waals surface area contributed by atoms with Gasteiger partial charge in [0.05, 0.1) is 5.56 Å². The zero-order valence-electron chi connectivity index (χ0n) is 9.73. The maximum atomic E-state index is 11.7. The third-order valence-corrected chi connectivity index (χ3v) is 2.59. The Morgan fingerprint density at radius 2 is 2.12 bits per heavy atom. The number of hydrogen-bond acceptors (Lipinski definition) is 4. The summed E-state index contributed by atoms with van der Waals surface area (Å²) in [4.78, 5) is 24.9. The first-order valence-corrected chi connectivity index (χ1v) is 5.29. The van der Waals surface area contributed by atoms with E-state index in [0.717, 1.165) is 6.07 Å². The Morgan fingerprint density at radius 1 is 1.47 bits per heavy atom. The summed E-state index contributed by atoms with van der Waals surface area (Å²) in [5.74, 6) is -0.903. The largest absolute Gasteiger partial charge is 0.494 e. The summed E-state index contributed by atoms with van der Waals surface area (Å²) in [7, 11) is 0. The van der Waals surface area contributed by atoms with Crippen LogP contribution in [0.15, 0.2) is 16.9 Å². The van der Waals surface area contributed by atoms with Crippen LogP contribution >= 0.6 is 0 Å². The maximum Gasteiger partial charge on any atom is 0.251 e. The molecule has 2 unspecified atom stereocenters. The Balaban J connectivity index is 2.80. The van der Waals surface area contributed by atoms with Crippen molar-refractivity contribution in [3.05, 3.63) is 28.0 Å². The van der Waals surface area contributed by atoms with Crippen LogP contribution in [0.2, 0.25) is 0 Å². The van der Waals surface area contributed by atoms with E-state index in [1.165, 1.54) is 6.07 Å². The van der Waals surface area contributed by atoms with E-state index < -0.39 is 11.5 Å². The minimum Gasteiger partial charge on any atom is -0.494 e. The summed E-state index contributed by atoms with van der Waals surface area (Å²) in [6.45, 7) is 3.51. The molecule has 0 saturated heterocycles. The monoisotopic (exact) mass is 240 g/mol. The normalized spacial score (nSPS) is 14.1. The van der Waals surface area contributed by atoms with Crippen LogP contribution in [0, 0.1) is 5.92 Å². The number of rotatable bonds is 4. The topological polar surface area (TPSA) is 102 Å². The highest BCUT2D eigenvalue weighted by Crippen LogP contribution is 2.06. The van der Waals surface area contributed by atoms with Crippen LogP contribution in [-0.2, 0) is 0 Å². The van der Waals surface area contributed by atoms with E-state index in [0.29, 0.717) is 0 Å². The molecule has 0 spiro atoms. The molecule has 1 aromatic rings. The third kappa shape index (κ3) is 3.60. The number of hydrogen-bond donors (Lipinski definition) is 4. The number of aromatic hydroxyl groups is 1. The van der Waals surface area contributed by atoms with Crippen molar-refractivity contribution in [1.82, 2.24) is 10.3 Å². The summed E-state index contributed by atoms with van der Waals surface area (Å²) < 4.78 is 0. The first-order valence-electron chi connectivity index (χ1n) is 5.29. The molecule has 4 N–H and O–H groups in total. The van der Waals surface area contributed by atoms with E-state index >= 15 is 0 Å². The Hall–Kier alpha value is -1.82. The van der Waals surface area contributed by atoms with Gasteiger partial charge in [0.25, 0.3) is 11.5 Å². The van der Waals surface area contributed by atoms with E-state index in [1.807, 2.05) is 0 Å². The first-order chi connectivity index (χ1) is 7.93. The molecular weight excluding hydrogens is 224 g/mol. The molecule has 94 valence electrons. The predicted octanol–water partition coefficient (Wildman–Crippen LogP) is -0.173. The van der Waals surface area contributed by atoms with E-state index in [1.54, 1.807) is 13.8 Å². The summed E-state index contributed by atoms with van der Waals surface area (Å²) in [5.41, 5.74) is -0.457. The molecule has 0 bridgehead atoms. The molecule has 2 atom stereocenters. The number of H-pyrrole nitrogens is 1. The number of nitrogens with one attached hydrogen (secondary N) is 2. The van der Waals surface area contributed by atoms with Gasteiger partial charge >= 0.3 is 0 Å². The van der Waals surface area contributed by atoms with Crippen molar-refractivity contribution in [3.8, 4) is 5.88 Å². The quantitative estimate of drug-likeness (QED) is 0.586. The van der Waals surface area contributed by atoms with E-state index in [-0.39, 0.29) is 30.0 Å². The standard InChI is InChI=1S/C11H16N2O4/c1-6(5-14)7(2)12-11(17)8-3-9(15)13-10(16)4-8/h3-4,6-7,14H,5H2,1-2H3,(H,12,17)(H2,13,15,16). The van der Waals surface area contributed by atoms with Gasteiger partial charge in [0.15, 0.2) is 5.88 Å². The number of aliphatic hydroxyl groups excluding tert-OH is 1. The van der Waals surface area contributed by atoms with Crippen LogP contribution in [0.25, 0.3) is 0 Å². The van der Waals surface area contributed by atoms with Gasteiger partial charge in [-0.3, -0.25) is 14.6 Å². The number of aliphatic hydroxyl groups is 1. The number of aromatic nitrogens is 1. The average Bonchev–Trinajstić information content (AvgIpc) is 2.26. The van der Waals surface area contributed by atoms with Crippen molar-refractivity contribution < 1.29 is 15.0 Å². The zero-order valence-corrected chi connectivity index (χ0v) is 9.73. The lowest BCUT2D eigenvalue weighted by Gasteiger charge is -2.19. The van der Waals surface area contributed by atoms with Crippen LogP contribution in [0.1, 0.15) is 24.2 Å².